The zero-order valence-corrected chi connectivity index (χ0v) is 15.1. The lowest BCUT2D eigenvalue weighted by Gasteiger charge is -2.15. The molecular weight excluding hydrogens is 364 g/mol. The van der Waals surface area contributed by atoms with Crippen molar-refractivity contribution in [1.82, 2.24) is 0 Å². The molecule has 142 valence electrons. The van der Waals surface area contributed by atoms with Gasteiger partial charge < -0.3 is 28.8 Å². The highest BCUT2D eigenvalue weighted by Crippen LogP contribution is 2.46. The van der Waals surface area contributed by atoms with Crippen molar-refractivity contribution in [2.75, 3.05) is 21.0 Å². The first-order valence-corrected chi connectivity index (χ1v) is 8.62. The van der Waals surface area contributed by atoms with Crippen molar-refractivity contribution in [1.29, 1.82) is 0 Å². The number of cyclic esters (lactones) is 1. The quantitative estimate of drug-likeness (QED) is 0.697. The van der Waals surface area contributed by atoms with Gasteiger partial charge in [-0.15, -0.1) is 0 Å². The molecule has 5 rings (SSSR count). The molecule has 0 saturated heterocycles. The highest BCUT2D eigenvalue weighted by Gasteiger charge is 2.34. The molecule has 1 N–H and O–H groups in total. The van der Waals surface area contributed by atoms with Crippen molar-refractivity contribution in [3.63, 3.8) is 0 Å². The molecule has 2 aliphatic rings. The highest BCUT2D eigenvalue weighted by atomic mass is 16.7. The number of rotatable bonds is 3. The molecule has 0 amide bonds. The van der Waals surface area contributed by atoms with Crippen LogP contribution in [0.2, 0.25) is 0 Å². The van der Waals surface area contributed by atoms with Crippen LogP contribution in [0.25, 0.3) is 21.9 Å². The molecular formula is C21H16O7. The van der Waals surface area contributed by atoms with Gasteiger partial charge in [-0.2, -0.15) is 0 Å². The number of hydrogen-bond donors (Lipinski definition) is 1. The van der Waals surface area contributed by atoms with E-state index >= 15 is 0 Å². The Labute approximate surface area is 160 Å². The SMILES string of the molecule is COc1cc2cc3c(c(-c4ccc5c(c4)OCO5)c2cc1OC)C(=O)OC3O. The molecule has 0 saturated carbocycles. The summed E-state index contributed by atoms with van der Waals surface area (Å²) in [4.78, 5) is 12.5. The fourth-order valence-corrected chi connectivity index (χ4v) is 3.74. The van der Waals surface area contributed by atoms with E-state index in [2.05, 4.69) is 0 Å². The Balaban J connectivity index is 1.87. The number of ether oxygens (including phenoxy) is 5. The molecule has 0 aliphatic carbocycles. The number of carbonyl (C=O) groups excluding carboxylic acids is 1. The maximum atomic E-state index is 12.5. The number of fused-ring (bicyclic) bond motifs is 3. The number of carbonyl (C=O) groups is 1. The molecule has 0 bridgehead atoms. The van der Waals surface area contributed by atoms with Gasteiger partial charge in [0.2, 0.25) is 13.1 Å². The predicted molar refractivity (Wildman–Crippen MR) is 99.0 cm³/mol. The number of aliphatic hydroxyl groups is 1. The summed E-state index contributed by atoms with van der Waals surface area (Å²) in [6, 6.07) is 10.8. The second-order valence-corrected chi connectivity index (χ2v) is 6.47. The normalized spacial score (nSPS) is 16.8. The Hall–Kier alpha value is -3.45. The third-order valence-electron chi connectivity index (χ3n) is 5.02. The summed E-state index contributed by atoms with van der Waals surface area (Å²) < 4.78 is 26.8. The number of esters is 1. The van der Waals surface area contributed by atoms with Crippen LogP contribution in [0.1, 0.15) is 22.2 Å². The van der Waals surface area contributed by atoms with Crippen molar-refractivity contribution in [2.45, 2.75) is 6.29 Å². The van der Waals surface area contributed by atoms with Crippen LogP contribution < -0.4 is 18.9 Å². The van der Waals surface area contributed by atoms with E-state index in [1.165, 1.54) is 0 Å². The molecule has 1 atom stereocenters. The van der Waals surface area contributed by atoms with Crippen molar-refractivity contribution in [2.24, 2.45) is 0 Å². The lowest BCUT2D eigenvalue weighted by atomic mass is 9.90. The second-order valence-electron chi connectivity index (χ2n) is 6.47. The molecule has 1 unspecified atom stereocenters. The summed E-state index contributed by atoms with van der Waals surface area (Å²) in [7, 11) is 3.10. The summed E-state index contributed by atoms with van der Waals surface area (Å²) in [6.07, 6.45) is -1.31. The van der Waals surface area contributed by atoms with Crippen LogP contribution in [0.5, 0.6) is 23.0 Å². The molecule has 0 fully saturated rings. The monoisotopic (exact) mass is 380 g/mol. The Bertz CT molecular complexity index is 1140. The average Bonchev–Trinajstić information content (AvgIpc) is 3.28. The van der Waals surface area contributed by atoms with E-state index in [0.29, 0.717) is 39.7 Å². The van der Waals surface area contributed by atoms with Gasteiger partial charge in [-0.3, -0.25) is 0 Å². The minimum atomic E-state index is -1.31. The van der Waals surface area contributed by atoms with Crippen molar-refractivity contribution in [3.8, 4) is 34.1 Å². The molecule has 0 radical (unpaired) electrons. The molecule has 0 aromatic heterocycles. The number of methoxy groups -OCH3 is 2. The third-order valence-corrected chi connectivity index (χ3v) is 5.02. The Kier molecular flexibility index (Phi) is 3.60. The summed E-state index contributed by atoms with van der Waals surface area (Å²) in [5.41, 5.74) is 2.11. The molecule has 7 heteroatoms. The lowest BCUT2D eigenvalue weighted by molar-refractivity contribution is -0.0547. The molecule has 2 heterocycles. The van der Waals surface area contributed by atoms with E-state index in [1.54, 1.807) is 32.4 Å². The molecule has 28 heavy (non-hydrogen) atoms. The van der Waals surface area contributed by atoms with Gasteiger partial charge in [-0.25, -0.2) is 4.79 Å². The Morgan fingerprint density at radius 2 is 1.71 bits per heavy atom. The van der Waals surface area contributed by atoms with Crippen LogP contribution in [0.4, 0.5) is 0 Å². The third kappa shape index (κ3) is 2.30. The second kappa shape index (κ2) is 6.03. The first kappa shape index (κ1) is 16.7. The zero-order valence-electron chi connectivity index (χ0n) is 15.1. The molecule has 2 aliphatic heterocycles. The fraction of sp³-hybridized carbons (Fsp3) is 0.190. The van der Waals surface area contributed by atoms with Gasteiger partial charge in [0.05, 0.1) is 19.8 Å². The van der Waals surface area contributed by atoms with E-state index in [9.17, 15) is 9.90 Å². The van der Waals surface area contributed by atoms with Gasteiger partial charge >= 0.3 is 5.97 Å². The molecule has 7 nitrogen and oxygen atoms in total. The fourth-order valence-electron chi connectivity index (χ4n) is 3.74. The van der Waals surface area contributed by atoms with E-state index in [-0.39, 0.29) is 6.79 Å². The number of aliphatic hydroxyl groups excluding tert-OH is 1. The lowest BCUT2D eigenvalue weighted by Crippen LogP contribution is -2.00. The predicted octanol–water partition coefficient (Wildman–Crippen LogP) is 3.41. The van der Waals surface area contributed by atoms with Crippen molar-refractivity contribution in [3.05, 3.63) is 47.5 Å². The van der Waals surface area contributed by atoms with E-state index < -0.39 is 12.3 Å². The summed E-state index contributed by atoms with van der Waals surface area (Å²) in [5, 5.41) is 11.8. The maximum absolute atomic E-state index is 12.5. The van der Waals surface area contributed by atoms with Crippen molar-refractivity contribution >= 4 is 16.7 Å². The molecule has 0 spiro atoms. The van der Waals surface area contributed by atoms with Gasteiger partial charge in [-0.1, -0.05) is 6.07 Å². The molecule has 3 aromatic rings. The summed E-state index contributed by atoms with van der Waals surface area (Å²) in [5.74, 6) is 1.74. The van der Waals surface area contributed by atoms with Crippen LogP contribution in [-0.4, -0.2) is 32.1 Å². The first-order chi connectivity index (χ1) is 13.6. The van der Waals surface area contributed by atoms with E-state index in [1.807, 2.05) is 18.2 Å². The largest absolute Gasteiger partial charge is 0.493 e. The van der Waals surface area contributed by atoms with Gasteiger partial charge in [-0.05, 0) is 46.7 Å². The number of benzene rings is 3. The minimum Gasteiger partial charge on any atom is -0.493 e. The van der Waals surface area contributed by atoms with Crippen LogP contribution in [-0.2, 0) is 4.74 Å². The van der Waals surface area contributed by atoms with Crippen LogP contribution >= 0.6 is 0 Å². The maximum Gasteiger partial charge on any atom is 0.341 e. The average molecular weight is 380 g/mol. The standard InChI is InChI=1S/C21H16O7/c1-24-15-7-11-5-13-19(21(23)28-20(13)22)18(12(11)8-16(15)25-2)10-3-4-14-17(6-10)27-9-26-14/h3-8,20,22H,9H2,1-2H3. The Morgan fingerprint density at radius 3 is 2.50 bits per heavy atom. The van der Waals surface area contributed by atoms with E-state index in [0.717, 1.165) is 16.3 Å². The van der Waals surface area contributed by atoms with Crippen LogP contribution in [0, 0.1) is 0 Å². The van der Waals surface area contributed by atoms with Crippen LogP contribution in [0.15, 0.2) is 36.4 Å². The van der Waals surface area contributed by atoms with Gasteiger partial charge in [0.15, 0.2) is 23.0 Å². The first-order valence-electron chi connectivity index (χ1n) is 8.62. The number of hydrogen-bond acceptors (Lipinski definition) is 7. The van der Waals surface area contributed by atoms with E-state index in [4.69, 9.17) is 23.7 Å². The highest BCUT2D eigenvalue weighted by molar-refractivity contribution is 6.11. The van der Waals surface area contributed by atoms with Gasteiger partial charge in [0, 0.05) is 11.1 Å². The minimum absolute atomic E-state index is 0.151. The molecule has 3 aromatic carbocycles. The topological polar surface area (TPSA) is 83.5 Å². The van der Waals surface area contributed by atoms with Crippen LogP contribution in [0.3, 0.4) is 0 Å². The smallest absolute Gasteiger partial charge is 0.341 e. The summed E-state index contributed by atoms with van der Waals surface area (Å²) >= 11 is 0. The summed E-state index contributed by atoms with van der Waals surface area (Å²) in [6.45, 7) is 0.151. The zero-order chi connectivity index (χ0) is 19.4. The van der Waals surface area contributed by atoms with Crippen molar-refractivity contribution < 1.29 is 33.6 Å². The van der Waals surface area contributed by atoms with Gasteiger partial charge in [0.25, 0.3) is 0 Å². The van der Waals surface area contributed by atoms with Gasteiger partial charge in [0.1, 0.15) is 0 Å². The Morgan fingerprint density at radius 1 is 0.964 bits per heavy atom.